The molecule has 0 spiro atoms. The maximum absolute atomic E-state index is 12.2. The van der Waals surface area contributed by atoms with Crippen LogP contribution in [0.2, 0.25) is 0 Å². The Kier molecular flexibility index (Phi) is 7.58. The fourth-order valence-electron chi connectivity index (χ4n) is 2.72. The summed E-state index contributed by atoms with van der Waals surface area (Å²) in [5.41, 5.74) is -0.504. The average molecular weight is 352 g/mol. The topological polar surface area (TPSA) is 93.1 Å². The van der Waals surface area contributed by atoms with Gasteiger partial charge in [-0.2, -0.15) is 0 Å². The third-order valence-corrected chi connectivity index (χ3v) is 4.24. The van der Waals surface area contributed by atoms with Gasteiger partial charge < -0.3 is 10.2 Å². The Bertz CT molecular complexity index is 593. The summed E-state index contributed by atoms with van der Waals surface area (Å²) in [7, 11) is 0. The number of aliphatic hydroxyl groups excluding tert-OH is 2. The highest BCUT2D eigenvalue weighted by atomic mass is 17.2. The van der Waals surface area contributed by atoms with E-state index in [1.165, 1.54) is 6.07 Å². The molecule has 2 N–H and O–H groups in total. The van der Waals surface area contributed by atoms with Crippen molar-refractivity contribution in [2.75, 3.05) is 0 Å². The van der Waals surface area contributed by atoms with Crippen molar-refractivity contribution in [3.63, 3.8) is 0 Å². The van der Waals surface area contributed by atoms with Gasteiger partial charge in [0.2, 0.25) is 0 Å². The Labute approximate surface area is 148 Å². The second-order valence-electron chi connectivity index (χ2n) is 7.08. The number of carbonyl (C=O) groups is 2. The number of carbonyl (C=O) groups excluding carboxylic acids is 2. The molecule has 140 valence electrons. The molecule has 2 unspecified atom stereocenters. The highest BCUT2D eigenvalue weighted by Gasteiger charge is 2.39. The van der Waals surface area contributed by atoms with Gasteiger partial charge in [0.15, 0.2) is 0 Å². The van der Waals surface area contributed by atoms with Crippen molar-refractivity contribution >= 4 is 11.9 Å². The quantitative estimate of drug-likeness (QED) is 0.578. The van der Waals surface area contributed by atoms with E-state index in [1.54, 1.807) is 39.0 Å². The first kappa shape index (κ1) is 21.1. The summed E-state index contributed by atoms with van der Waals surface area (Å²) in [6.07, 6.45) is -1.17. The minimum Gasteiger partial charge on any atom is -0.392 e. The molecule has 0 fully saturated rings. The summed E-state index contributed by atoms with van der Waals surface area (Å²) in [5.74, 6) is -1.57. The molecule has 1 aromatic carbocycles. The Balaban J connectivity index is 3.03. The van der Waals surface area contributed by atoms with E-state index in [0.717, 1.165) is 0 Å². The molecular formula is C19H28O6. The minimum atomic E-state index is -1.11. The van der Waals surface area contributed by atoms with Crippen molar-refractivity contribution in [1.29, 1.82) is 0 Å². The number of benzene rings is 1. The molecule has 6 heteroatoms. The fourth-order valence-corrected chi connectivity index (χ4v) is 2.72. The molecule has 0 saturated heterocycles. The molecular weight excluding hydrogens is 324 g/mol. The zero-order valence-corrected chi connectivity index (χ0v) is 15.5. The van der Waals surface area contributed by atoms with Crippen LogP contribution >= 0.6 is 0 Å². The molecule has 25 heavy (non-hydrogen) atoms. The zero-order valence-electron chi connectivity index (χ0n) is 15.5. The Morgan fingerprint density at radius 2 is 1.72 bits per heavy atom. The Morgan fingerprint density at radius 3 is 2.28 bits per heavy atom. The van der Waals surface area contributed by atoms with Crippen LogP contribution in [0.4, 0.5) is 0 Å². The Hall–Kier alpha value is -1.92. The molecule has 0 saturated carbocycles. The molecule has 1 rings (SSSR count). The molecule has 0 aliphatic rings. The third-order valence-electron chi connectivity index (χ3n) is 4.24. The van der Waals surface area contributed by atoms with E-state index in [2.05, 4.69) is 9.78 Å². The van der Waals surface area contributed by atoms with Crippen molar-refractivity contribution in [3.05, 3.63) is 35.4 Å². The number of hydrogen-bond donors (Lipinski definition) is 2. The van der Waals surface area contributed by atoms with Crippen LogP contribution in [0.15, 0.2) is 24.3 Å². The molecule has 0 aliphatic heterocycles. The summed E-state index contributed by atoms with van der Waals surface area (Å²) in [5, 5.41) is 21.2. The third kappa shape index (κ3) is 5.28. The molecule has 0 amide bonds. The van der Waals surface area contributed by atoms with Crippen molar-refractivity contribution < 1.29 is 29.6 Å². The smallest absolute Gasteiger partial charge is 0.386 e. The SMILES string of the molecule is CCCC(=O)OOC(=O)c1ccccc1C(O)C(C)(C)C(O)C(C)C. The van der Waals surface area contributed by atoms with E-state index >= 15 is 0 Å². The van der Waals surface area contributed by atoms with Crippen molar-refractivity contribution in [2.45, 2.75) is 59.7 Å². The molecule has 0 radical (unpaired) electrons. The predicted octanol–water partition coefficient (Wildman–Crippen LogP) is 3.18. The Morgan fingerprint density at radius 1 is 1.12 bits per heavy atom. The summed E-state index contributed by atoms with van der Waals surface area (Å²) < 4.78 is 0. The standard InChI is InChI=1S/C19H28O6/c1-6-9-15(20)24-25-18(23)14-11-8-7-10-13(14)17(22)19(4,5)16(21)12(2)3/h7-8,10-12,16-17,21-22H,6,9H2,1-5H3. The largest absolute Gasteiger partial charge is 0.392 e. The lowest BCUT2D eigenvalue weighted by molar-refractivity contribution is -0.234. The molecule has 1 aromatic rings. The van der Waals surface area contributed by atoms with E-state index in [1.807, 2.05) is 13.8 Å². The molecule has 0 aromatic heterocycles. The molecule has 0 bridgehead atoms. The molecule has 6 nitrogen and oxygen atoms in total. The van der Waals surface area contributed by atoms with Gasteiger partial charge in [-0.1, -0.05) is 52.8 Å². The van der Waals surface area contributed by atoms with Gasteiger partial charge >= 0.3 is 11.9 Å². The summed E-state index contributed by atoms with van der Waals surface area (Å²) in [4.78, 5) is 32.7. The van der Waals surface area contributed by atoms with Crippen molar-refractivity contribution in [3.8, 4) is 0 Å². The van der Waals surface area contributed by atoms with E-state index < -0.39 is 29.6 Å². The van der Waals surface area contributed by atoms with Gasteiger partial charge in [0.25, 0.3) is 0 Å². The highest BCUT2D eigenvalue weighted by Crippen LogP contribution is 2.40. The van der Waals surface area contributed by atoms with Gasteiger partial charge in [0.1, 0.15) is 0 Å². The zero-order chi connectivity index (χ0) is 19.2. The van der Waals surface area contributed by atoms with Crippen LogP contribution in [-0.4, -0.2) is 28.3 Å². The lowest BCUT2D eigenvalue weighted by Crippen LogP contribution is -2.39. The van der Waals surface area contributed by atoms with Crippen LogP contribution in [0.3, 0.4) is 0 Å². The average Bonchev–Trinajstić information content (AvgIpc) is 2.58. The summed E-state index contributed by atoms with van der Waals surface area (Å²) >= 11 is 0. The predicted molar refractivity (Wildman–Crippen MR) is 92.4 cm³/mol. The van der Waals surface area contributed by atoms with Gasteiger partial charge in [-0.05, 0) is 24.0 Å². The molecule has 0 aliphatic carbocycles. The van der Waals surface area contributed by atoms with E-state index in [0.29, 0.717) is 12.0 Å². The number of rotatable bonds is 7. The summed E-state index contributed by atoms with van der Waals surface area (Å²) in [6, 6.07) is 6.36. The van der Waals surface area contributed by atoms with Crippen LogP contribution in [0.25, 0.3) is 0 Å². The van der Waals surface area contributed by atoms with Crippen molar-refractivity contribution in [2.24, 2.45) is 11.3 Å². The van der Waals surface area contributed by atoms with Gasteiger partial charge in [0.05, 0.1) is 17.8 Å². The fraction of sp³-hybridized carbons (Fsp3) is 0.579. The van der Waals surface area contributed by atoms with E-state index in [9.17, 15) is 19.8 Å². The van der Waals surface area contributed by atoms with Gasteiger partial charge in [0, 0.05) is 11.8 Å². The van der Waals surface area contributed by atoms with Gasteiger partial charge in [-0.25, -0.2) is 19.4 Å². The number of hydrogen-bond acceptors (Lipinski definition) is 6. The van der Waals surface area contributed by atoms with E-state index in [-0.39, 0.29) is 17.9 Å². The maximum atomic E-state index is 12.2. The van der Waals surface area contributed by atoms with Gasteiger partial charge in [-0.15, -0.1) is 0 Å². The van der Waals surface area contributed by atoms with E-state index in [4.69, 9.17) is 0 Å². The highest BCUT2D eigenvalue weighted by molar-refractivity contribution is 5.91. The van der Waals surface area contributed by atoms with Crippen LogP contribution in [-0.2, 0) is 14.6 Å². The first-order valence-corrected chi connectivity index (χ1v) is 8.49. The monoisotopic (exact) mass is 352 g/mol. The second kappa shape index (κ2) is 8.97. The first-order chi connectivity index (χ1) is 11.6. The summed E-state index contributed by atoms with van der Waals surface area (Å²) in [6.45, 7) is 8.97. The maximum Gasteiger partial charge on any atom is 0.386 e. The van der Waals surface area contributed by atoms with Crippen LogP contribution in [0.5, 0.6) is 0 Å². The molecule has 2 atom stereocenters. The second-order valence-corrected chi connectivity index (χ2v) is 7.08. The van der Waals surface area contributed by atoms with Crippen LogP contribution in [0, 0.1) is 11.3 Å². The lowest BCUT2D eigenvalue weighted by atomic mass is 9.73. The van der Waals surface area contributed by atoms with Crippen LogP contribution in [0.1, 0.15) is 69.5 Å². The van der Waals surface area contributed by atoms with Gasteiger partial charge in [-0.3, -0.25) is 0 Å². The minimum absolute atomic E-state index is 0.0706. The first-order valence-electron chi connectivity index (χ1n) is 8.49. The van der Waals surface area contributed by atoms with Crippen molar-refractivity contribution in [1.82, 2.24) is 0 Å². The normalized spacial score (nSPS) is 14.1. The number of aliphatic hydroxyl groups is 2. The lowest BCUT2D eigenvalue weighted by Gasteiger charge is -2.38. The molecule has 0 heterocycles. The van der Waals surface area contributed by atoms with Crippen LogP contribution < -0.4 is 0 Å².